The van der Waals surface area contributed by atoms with E-state index in [9.17, 15) is 4.79 Å². The number of carbonyl (C=O) groups excluding carboxylic acids is 1. The molecule has 2 rings (SSSR count). The summed E-state index contributed by atoms with van der Waals surface area (Å²) in [5.74, 6) is 1.61. The number of rotatable bonds is 4. The van der Waals surface area contributed by atoms with Gasteiger partial charge < -0.3 is 15.8 Å². The van der Waals surface area contributed by atoms with Gasteiger partial charge in [0.25, 0.3) is 0 Å². The standard InChI is InChI=1S/C12H22N2O2/c1-9-6-10(9)7-14-11(15)12(8-13)2-4-16-5-3-12/h9-10H,2-8,13H2,1H3,(H,14,15). The van der Waals surface area contributed by atoms with Crippen LogP contribution in [0, 0.1) is 17.3 Å². The molecule has 1 saturated heterocycles. The van der Waals surface area contributed by atoms with E-state index in [-0.39, 0.29) is 11.3 Å². The van der Waals surface area contributed by atoms with Crippen molar-refractivity contribution < 1.29 is 9.53 Å². The Morgan fingerprint density at radius 3 is 2.62 bits per heavy atom. The third-order valence-electron chi connectivity index (χ3n) is 4.12. The molecule has 1 saturated carbocycles. The predicted octanol–water partition coefficient (Wildman–Crippen LogP) is 0.514. The second-order valence-electron chi connectivity index (χ2n) is 5.28. The van der Waals surface area contributed by atoms with Crippen molar-refractivity contribution in [2.45, 2.75) is 26.2 Å². The van der Waals surface area contributed by atoms with Gasteiger partial charge in [-0.15, -0.1) is 0 Å². The van der Waals surface area contributed by atoms with E-state index in [1.54, 1.807) is 0 Å². The molecule has 0 aromatic rings. The summed E-state index contributed by atoms with van der Waals surface area (Å²) in [6.45, 7) is 4.80. The van der Waals surface area contributed by atoms with Gasteiger partial charge in [-0.1, -0.05) is 6.92 Å². The molecule has 0 aromatic heterocycles. The summed E-state index contributed by atoms with van der Waals surface area (Å²) in [6, 6.07) is 0. The summed E-state index contributed by atoms with van der Waals surface area (Å²) >= 11 is 0. The summed E-state index contributed by atoms with van der Waals surface area (Å²) in [5, 5.41) is 3.06. The average molecular weight is 226 g/mol. The average Bonchev–Trinajstić information content (AvgIpc) is 3.03. The fourth-order valence-corrected chi connectivity index (χ4v) is 2.38. The zero-order chi connectivity index (χ0) is 11.6. The van der Waals surface area contributed by atoms with Gasteiger partial charge in [0.05, 0.1) is 5.41 Å². The third kappa shape index (κ3) is 2.38. The third-order valence-corrected chi connectivity index (χ3v) is 4.12. The monoisotopic (exact) mass is 226 g/mol. The van der Waals surface area contributed by atoms with Crippen LogP contribution in [0.5, 0.6) is 0 Å². The summed E-state index contributed by atoms with van der Waals surface area (Å²) < 4.78 is 5.30. The second-order valence-corrected chi connectivity index (χ2v) is 5.28. The number of carbonyl (C=O) groups is 1. The zero-order valence-electron chi connectivity index (χ0n) is 10.00. The highest BCUT2D eigenvalue weighted by molar-refractivity contribution is 5.83. The van der Waals surface area contributed by atoms with Gasteiger partial charge in [-0.25, -0.2) is 0 Å². The quantitative estimate of drug-likeness (QED) is 0.734. The summed E-state index contributed by atoms with van der Waals surface area (Å²) in [6.07, 6.45) is 2.77. The van der Waals surface area contributed by atoms with Crippen LogP contribution in [0.4, 0.5) is 0 Å². The molecule has 4 heteroatoms. The SMILES string of the molecule is CC1CC1CNC(=O)C1(CN)CCOCC1. The van der Waals surface area contributed by atoms with Crippen molar-refractivity contribution in [2.75, 3.05) is 26.3 Å². The molecule has 0 radical (unpaired) electrons. The fraction of sp³-hybridized carbons (Fsp3) is 0.917. The van der Waals surface area contributed by atoms with Crippen molar-refractivity contribution >= 4 is 5.91 Å². The van der Waals surface area contributed by atoms with Crippen LogP contribution in [-0.2, 0) is 9.53 Å². The van der Waals surface area contributed by atoms with Gasteiger partial charge in [0.15, 0.2) is 0 Å². The first-order chi connectivity index (χ1) is 7.68. The smallest absolute Gasteiger partial charge is 0.227 e. The lowest BCUT2D eigenvalue weighted by molar-refractivity contribution is -0.135. The molecule has 2 aliphatic rings. The normalized spacial score (nSPS) is 32.1. The number of amides is 1. The van der Waals surface area contributed by atoms with Crippen LogP contribution in [0.15, 0.2) is 0 Å². The van der Waals surface area contributed by atoms with Gasteiger partial charge >= 0.3 is 0 Å². The fourth-order valence-electron chi connectivity index (χ4n) is 2.38. The highest BCUT2D eigenvalue weighted by Gasteiger charge is 2.40. The lowest BCUT2D eigenvalue weighted by Gasteiger charge is -2.34. The Hall–Kier alpha value is -0.610. The van der Waals surface area contributed by atoms with Crippen molar-refractivity contribution in [3.8, 4) is 0 Å². The van der Waals surface area contributed by atoms with E-state index in [4.69, 9.17) is 10.5 Å². The van der Waals surface area contributed by atoms with Crippen molar-refractivity contribution in [3.63, 3.8) is 0 Å². The molecule has 1 aliphatic heterocycles. The van der Waals surface area contributed by atoms with Crippen LogP contribution < -0.4 is 11.1 Å². The molecule has 2 atom stereocenters. The van der Waals surface area contributed by atoms with Crippen molar-refractivity contribution in [2.24, 2.45) is 23.0 Å². The number of nitrogens with two attached hydrogens (primary N) is 1. The highest BCUT2D eigenvalue weighted by Crippen LogP contribution is 2.37. The van der Waals surface area contributed by atoms with Crippen LogP contribution in [0.1, 0.15) is 26.2 Å². The van der Waals surface area contributed by atoms with Crippen molar-refractivity contribution in [3.05, 3.63) is 0 Å². The van der Waals surface area contributed by atoms with Gasteiger partial charge in [-0.2, -0.15) is 0 Å². The van der Waals surface area contributed by atoms with Crippen molar-refractivity contribution in [1.29, 1.82) is 0 Å². The van der Waals surface area contributed by atoms with E-state index in [2.05, 4.69) is 12.2 Å². The summed E-state index contributed by atoms with van der Waals surface area (Å²) in [5.41, 5.74) is 5.41. The number of nitrogens with one attached hydrogen (secondary N) is 1. The predicted molar refractivity (Wildman–Crippen MR) is 61.8 cm³/mol. The summed E-state index contributed by atoms with van der Waals surface area (Å²) in [7, 11) is 0. The Balaban J connectivity index is 1.84. The van der Waals surface area contributed by atoms with Gasteiger partial charge in [-0.05, 0) is 31.1 Å². The maximum absolute atomic E-state index is 12.1. The Kier molecular flexibility index (Phi) is 3.50. The molecule has 0 spiro atoms. The molecule has 1 amide bonds. The Labute approximate surface area is 96.9 Å². The van der Waals surface area contributed by atoms with Gasteiger partial charge in [0, 0.05) is 26.3 Å². The molecule has 2 unspecified atom stereocenters. The van der Waals surface area contributed by atoms with E-state index in [1.165, 1.54) is 6.42 Å². The van der Waals surface area contributed by atoms with Crippen LogP contribution in [0.3, 0.4) is 0 Å². The molecule has 0 aromatic carbocycles. The topological polar surface area (TPSA) is 64.4 Å². The maximum atomic E-state index is 12.1. The minimum Gasteiger partial charge on any atom is -0.381 e. The Bertz CT molecular complexity index is 262. The summed E-state index contributed by atoms with van der Waals surface area (Å²) in [4.78, 5) is 12.1. The minimum atomic E-state index is -0.365. The van der Waals surface area contributed by atoms with E-state index in [1.807, 2.05) is 0 Å². The molecule has 1 aliphatic carbocycles. The first kappa shape index (κ1) is 11.9. The van der Waals surface area contributed by atoms with E-state index >= 15 is 0 Å². The molecular formula is C12H22N2O2. The van der Waals surface area contributed by atoms with E-state index in [0.29, 0.717) is 25.7 Å². The molecular weight excluding hydrogens is 204 g/mol. The van der Waals surface area contributed by atoms with E-state index < -0.39 is 0 Å². The lowest BCUT2D eigenvalue weighted by Crippen LogP contribution is -2.49. The minimum absolute atomic E-state index is 0.136. The molecule has 1 heterocycles. The Morgan fingerprint density at radius 2 is 2.12 bits per heavy atom. The zero-order valence-corrected chi connectivity index (χ0v) is 10.00. The molecule has 4 nitrogen and oxygen atoms in total. The van der Waals surface area contributed by atoms with Crippen molar-refractivity contribution in [1.82, 2.24) is 5.32 Å². The maximum Gasteiger partial charge on any atom is 0.227 e. The molecule has 92 valence electrons. The van der Waals surface area contributed by atoms with Gasteiger partial charge in [0.2, 0.25) is 5.91 Å². The molecule has 3 N–H and O–H groups in total. The lowest BCUT2D eigenvalue weighted by atomic mass is 9.79. The number of hydrogen-bond acceptors (Lipinski definition) is 3. The molecule has 2 fully saturated rings. The number of hydrogen-bond donors (Lipinski definition) is 2. The highest BCUT2D eigenvalue weighted by atomic mass is 16.5. The van der Waals surface area contributed by atoms with Crippen LogP contribution >= 0.6 is 0 Å². The van der Waals surface area contributed by atoms with Crippen LogP contribution in [0.2, 0.25) is 0 Å². The molecule has 16 heavy (non-hydrogen) atoms. The van der Waals surface area contributed by atoms with E-state index in [0.717, 1.165) is 25.3 Å². The first-order valence-corrected chi connectivity index (χ1v) is 6.24. The molecule has 0 bridgehead atoms. The van der Waals surface area contributed by atoms with Crippen LogP contribution in [0.25, 0.3) is 0 Å². The van der Waals surface area contributed by atoms with Gasteiger partial charge in [0.1, 0.15) is 0 Å². The first-order valence-electron chi connectivity index (χ1n) is 6.24. The van der Waals surface area contributed by atoms with Crippen LogP contribution in [-0.4, -0.2) is 32.2 Å². The number of ether oxygens (including phenoxy) is 1. The largest absolute Gasteiger partial charge is 0.381 e. The second kappa shape index (κ2) is 4.72. The Morgan fingerprint density at radius 1 is 1.50 bits per heavy atom. The van der Waals surface area contributed by atoms with Gasteiger partial charge in [-0.3, -0.25) is 4.79 Å².